The number of rotatable bonds is 7. The second-order valence-corrected chi connectivity index (χ2v) is 8.76. The molecule has 0 unspecified atom stereocenters. The Hall–Kier alpha value is -4.98. The lowest BCUT2D eigenvalue weighted by Gasteiger charge is -2.19. The molecule has 5 rings (SSSR count). The molecule has 0 aliphatic heterocycles. The first-order chi connectivity index (χ1) is 18.0. The van der Waals surface area contributed by atoms with E-state index in [1.165, 1.54) is 21.5 Å². The molecule has 2 aromatic heterocycles. The van der Waals surface area contributed by atoms with Gasteiger partial charge in [0, 0.05) is 29.4 Å². The summed E-state index contributed by atoms with van der Waals surface area (Å²) in [7, 11) is 0. The first-order valence-corrected chi connectivity index (χ1v) is 11.8. The Bertz CT molecular complexity index is 1640. The van der Waals surface area contributed by atoms with Crippen molar-refractivity contribution in [3.8, 4) is 0 Å². The van der Waals surface area contributed by atoms with Gasteiger partial charge < -0.3 is 0 Å². The van der Waals surface area contributed by atoms with E-state index in [4.69, 9.17) is 0 Å². The molecule has 0 atom stereocenters. The van der Waals surface area contributed by atoms with Crippen molar-refractivity contribution in [2.24, 2.45) is 0 Å². The minimum absolute atomic E-state index is 0.220. The van der Waals surface area contributed by atoms with E-state index in [0.717, 1.165) is 11.1 Å². The van der Waals surface area contributed by atoms with E-state index < -0.39 is 28.4 Å². The fourth-order valence-electron chi connectivity index (χ4n) is 4.43. The maximum absolute atomic E-state index is 13.1. The summed E-state index contributed by atoms with van der Waals surface area (Å²) in [6, 6.07) is 27.9. The summed E-state index contributed by atoms with van der Waals surface area (Å²) < 4.78 is 2.83. The standard InChI is InChI=1S/C29H24N4O4/c34-26-23(18-32(28(36)30-26)16-20-10-4-1-5-11-20)25(22-14-8-3-9-15-22)24-19-33(29(37)31-27(24)35)17-21-12-6-2-7-13-21/h1-15,18-19,25H,16-17H2,(H,30,34,36)(H,31,35,37). The normalized spacial score (nSPS) is 11.1. The number of nitrogens with zero attached hydrogens (tertiary/aromatic N) is 2. The van der Waals surface area contributed by atoms with Crippen molar-refractivity contribution in [1.82, 2.24) is 19.1 Å². The van der Waals surface area contributed by atoms with Gasteiger partial charge in [-0.05, 0) is 16.7 Å². The topological polar surface area (TPSA) is 110 Å². The molecule has 0 saturated carbocycles. The predicted octanol–water partition coefficient (Wildman–Crippen LogP) is 2.66. The highest BCUT2D eigenvalue weighted by Gasteiger charge is 2.25. The minimum Gasteiger partial charge on any atom is -0.296 e. The lowest BCUT2D eigenvalue weighted by atomic mass is 9.87. The van der Waals surface area contributed by atoms with Gasteiger partial charge in [-0.3, -0.25) is 28.7 Å². The first kappa shape index (κ1) is 23.7. The lowest BCUT2D eigenvalue weighted by molar-refractivity contribution is 0.683. The zero-order chi connectivity index (χ0) is 25.8. The zero-order valence-electron chi connectivity index (χ0n) is 19.8. The molecule has 184 valence electrons. The Balaban J connectivity index is 1.68. The second kappa shape index (κ2) is 10.3. The summed E-state index contributed by atoms with van der Waals surface area (Å²) in [4.78, 5) is 56.4. The van der Waals surface area contributed by atoms with Gasteiger partial charge in [-0.1, -0.05) is 91.0 Å². The van der Waals surface area contributed by atoms with Gasteiger partial charge in [0.05, 0.1) is 13.1 Å². The monoisotopic (exact) mass is 492 g/mol. The summed E-state index contributed by atoms with van der Waals surface area (Å²) >= 11 is 0. The highest BCUT2D eigenvalue weighted by molar-refractivity contribution is 5.40. The highest BCUT2D eigenvalue weighted by atomic mass is 16.2. The third-order valence-corrected chi connectivity index (χ3v) is 6.22. The molecule has 0 aliphatic rings. The van der Waals surface area contributed by atoms with Gasteiger partial charge in [-0.15, -0.1) is 0 Å². The van der Waals surface area contributed by atoms with Gasteiger partial charge in [0.1, 0.15) is 0 Å². The van der Waals surface area contributed by atoms with Crippen LogP contribution in [-0.4, -0.2) is 19.1 Å². The van der Waals surface area contributed by atoms with E-state index in [9.17, 15) is 19.2 Å². The number of hydrogen-bond acceptors (Lipinski definition) is 4. The number of nitrogens with one attached hydrogen (secondary N) is 2. The third kappa shape index (κ3) is 5.18. The van der Waals surface area contributed by atoms with Gasteiger partial charge in [0.25, 0.3) is 11.1 Å². The Morgan fingerprint density at radius 1 is 0.541 bits per heavy atom. The Morgan fingerprint density at radius 3 is 1.32 bits per heavy atom. The molecular formula is C29H24N4O4. The molecule has 0 amide bonds. The smallest absolute Gasteiger partial charge is 0.296 e. The van der Waals surface area contributed by atoms with E-state index in [0.29, 0.717) is 5.56 Å². The molecule has 0 spiro atoms. The Morgan fingerprint density at radius 2 is 0.919 bits per heavy atom. The van der Waals surface area contributed by atoms with Crippen LogP contribution >= 0.6 is 0 Å². The van der Waals surface area contributed by atoms with Crippen molar-refractivity contribution in [2.75, 3.05) is 0 Å². The molecular weight excluding hydrogens is 468 g/mol. The Labute approximate surface area is 211 Å². The molecule has 0 radical (unpaired) electrons. The molecule has 0 bridgehead atoms. The van der Waals surface area contributed by atoms with Crippen molar-refractivity contribution < 1.29 is 0 Å². The van der Waals surface area contributed by atoms with Crippen LogP contribution in [0.4, 0.5) is 0 Å². The maximum atomic E-state index is 13.1. The summed E-state index contributed by atoms with van der Waals surface area (Å²) in [5.41, 5.74) is 0.593. The largest absolute Gasteiger partial charge is 0.328 e. The summed E-state index contributed by atoms with van der Waals surface area (Å²) in [6.07, 6.45) is 3.00. The fourth-order valence-corrected chi connectivity index (χ4v) is 4.43. The number of H-pyrrole nitrogens is 2. The average Bonchev–Trinajstić information content (AvgIpc) is 2.91. The lowest BCUT2D eigenvalue weighted by Crippen LogP contribution is -2.37. The van der Waals surface area contributed by atoms with Crippen LogP contribution in [0.1, 0.15) is 33.7 Å². The van der Waals surface area contributed by atoms with Crippen molar-refractivity contribution in [3.05, 3.63) is 173 Å². The van der Waals surface area contributed by atoms with Crippen LogP contribution in [0, 0.1) is 0 Å². The number of aromatic amines is 2. The summed E-state index contributed by atoms with van der Waals surface area (Å²) in [5, 5.41) is 0. The number of hydrogen-bond donors (Lipinski definition) is 2. The SMILES string of the molecule is O=c1[nH]c(=O)n(Cc2ccccc2)cc1C(c1ccccc1)c1cn(Cc2ccccc2)c(=O)[nH]c1=O. The van der Waals surface area contributed by atoms with E-state index in [2.05, 4.69) is 9.97 Å². The van der Waals surface area contributed by atoms with Gasteiger partial charge in [-0.25, -0.2) is 9.59 Å². The van der Waals surface area contributed by atoms with E-state index in [1.807, 2.05) is 91.0 Å². The summed E-state index contributed by atoms with van der Waals surface area (Å²) in [6.45, 7) is 0.490. The maximum Gasteiger partial charge on any atom is 0.328 e. The molecule has 0 aliphatic carbocycles. The van der Waals surface area contributed by atoms with Crippen molar-refractivity contribution >= 4 is 0 Å². The average molecular weight is 493 g/mol. The van der Waals surface area contributed by atoms with Crippen LogP contribution < -0.4 is 22.5 Å². The van der Waals surface area contributed by atoms with E-state index >= 15 is 0 Å². The minimum atomic E-state index is -0.820. The van der Waals surface area contributed by atoms with Crippen LogP contribution in [0.25, 0.3) is 0 Å². The van der Waals surface area contributed by atoms with Crippen LogP contribution in [0.3, 0.4) is 0 Å². The highest BCUT2D eigenvalue weighted by Crippen LogP contribution is 2.27. The summed E-state index contributed by atoms with van der Waals surface area (Å²) in [5.74, 6) is -0.820. The van der Waals surface area contributed by atoms with Crippen molar-refractivity contribution in [3.63, 3.8) is 0 Å². The van der Waals surface area contributed by atoms with Crippen molar-refractivity contribution in [1.29, 1.82) is 0 Å². The van der Waals surface area contributed by atoms with Gasteiger partial charge in [0.15, 0.2) is 0 Å². The third-order valence-electron chi connectivity index (χ3n) is 6.22. The molecule has 2 heterocycles. The molecule has 0 fully saturated rings. The van der Waals surface area contributed by atoms with Crippen LogP contribution in [0.15, 0.2) is 123 Å². The second-order valence-electron chi connectivity index (χ2n) is 8.76. The fraction of sp³-hybridized carbons (Fsp3) is 0.103. The Kier molecular flexibility index (Phi) is 6.63. The molecule has 3 aromatic carbocycles. The zero-order valence-corrected chi connectivity index (χ0v) is 19.8. The van der Waals surface area contributed by atoms with Crippen molar-refractivity contribution in [2.45, 2.75) is 19.0 Å². The van der Waals surface area contributed by atoms with Gasteiger partial charge >= 0.3 is 11.4 Å². The molecule has 0 saturated heterocycles. The van der Waals surface area contributed by atoms with Gasteiger partial charge in [0.2, 0.25) is 0 Å². The van der Waals surface area contributed by atoms with E-state index in [1.54, 1.807) is 0 Å². The van der Waals surface area contributed by atoms with Crippen LogP contribution in [-0.2, 0) is 13.1 Å². The number of aromatic nitrogens is 4. The molecule has 37 heavy (non-hydrogen) atoms. The van der Waals surface area contributed by atoms with Crippen LogP contribution in [0.2, 0.25) is 0 Å². The predicted molar refractivity (Wildman–Crippen MR) is 141 cm³/mol. The molecule has 2 N–H and O–H groups in total. The van der Waals surface area contributed by atoms with E-state index in [-0.39, 0.29) is 24.2 Å². The molecule has 5 aromatic rings. The molecule has 8 nitrogen and oxygen atoms in total. The molecule has 8 heteroatoms. The quantitative estimate of drug-likeness (QED) is 0.364. The van der Waals surface area contributed by atoms with Crippen LogP contribution in [0.5, 0.6) is 0 Å². The first-order valence-electron chi connectivity index (χ1n) is 11.8. The number of benzene rings is 3. The van der Waals surface area contributed by atoms with Gasteiger partial charge in [-0.2, -0.15) is 0 Å².